The Kier molecular flexibility index (Phi) is 13.6. The second-order valence-corrected chi connectivity index (χ2v) is 5.56. The lowest BCUT2D eigenvalue weighted by atomic mass is 10.1. The van der Waals surface area contributed by atoms with Crippen LogP contribution in [0.25, 0.3) is 0 Å². The van der Waals surface area contributed by atoms with Crippen molar-refractivity contribution < 1.29 is 23.7 Å². The molecule has 1 heterocycles. The van der Waals surface area contributed by atoms with Crippen LogP contribution in [0.1, 0.15) is 37.0 Å². The summed E-state index contributed by atoms with van der Waals surface area (Å²) in [7, 11) is 0. The summed E-state index contributed by atoms with van der Waals surface area (Å²) < 4.78 is 21.4. The van der Waals surface area contributed by atoms with E-state index in [0.717, 1.165) is 6.42 Å². The van der Waals surface area contributed by atoms with Crippen molar-refractivity contribution in [2.45, 2.75) is 26.7 Å². The first-order chi connectivity index (χ1) is 12.8. The molecule has 0 saturated carbocycles. The smallest absolute Gasteiger partial charge is 0.163 e. The molecular weight excluding hydrogens is 336 g/mol. The van der Waals surface area contributed by atoms with Crippen molar-refractivity contribution in [3.63, 3.8) is 0 Å². The van der Waals surface area contributed by atoms with Crippen LogP contribution in [0.15, 0.2) is 18.3 Å². The quantitative estimate of drug-likeness (QED) is 0.334. The van der Waals surface area contributed by atoms with Crippen molar-refractivity contribution in [3.8, 4) is 0 Å². The Morgan fingerprint density at radius 1 is 0.962 bits per heavy atom. The molecule has 26 heavy (non-hydrogen) atoms. The summed E-state index contributed by atoms with van der Waals surface area (Å²) in [4.78, 5) is 16.1. The number of rotatable bonds is 17. The Morgan fingerprint density at radius 2 is 1.58 bits per heavy atom. The van der Waals surface area contributed by atoms with Crippen molar-refractivity contribution in [1.29, 1.82) is 0 Å². The van der Waals surface area contributed by atoms with Crippen LogP contribution in [-0.4, -0.2) is 70.2 Å². The average Bonchev–Trinajstić information content (AvgIpc) is 2.66. The third kappa shape index (κ3) is 11.1. The number of ketones is 1. The Labute approximate surface area is 156 Å². The van der Waals surface area contributed by atoms with E-state index in [1.54, 1.807) is 18.3 Å². The number of pyridine rings is 1. The number of nitrogens with one attached hydrogen (secondary N) is 1. The Hall–Kier alpha value is -1.54. The first-order valence-corrected chi connectivity index (χ1v) is 9.32. The van der Waals surface area contributed by atoms with Crippen LogP contribution < -0.4 is 5.32 Å². The number of Topliss-reactive ketones (excluding diaryl/α,β-unsaturated/α-hetero) is 1. The normalized spacial score (nSPS) is 10.8. The second-order valence-electron chi connectivity index (χ2n) is 5.56. The number of anilines is 1. The van der Waals surface area contributed by atoms with Crippen LogP contribution in [0.2, 0.25) is 0 Å². The zero-order chi connectivity index (χ0) is 18.9. The summed E-state index contributed by atoms with van der Waals surface area (Å²) in [5.41, 5.74) is 0.696. The highest BCUT2D eigenvalue weighted by molar-refractivity contribution is 5.96. The largest absolute Gasteiger partial charge is 0.379 e. The minimum atomic E-state index is 0.146. The highest BCUT2D eigenvalue weighted by Gasteiger charge is 2.05. The second kappa shape index (κ2) is 15.7. The molecule has 0 aliphatic rings. The van der Waals surface area contributed by atoms with Crippen LogP contribution in [0.4, 0.5) is 5.82 Å². The third-order valence-electron chi connectivity index (χ3n) is 3.43. The van der Waals surface area contributed by atoms with Gasteiger partial charge in [-0.15, -0.1) is 0 Å². The van der Waals surface area contributed by atoms with Gasteiger partial charge in [0.1, 0.15) is 5.82 Å². The molecule has 0 bridgehead atoms. The van der Waals surface area contributed by atoms with Gasteiger partial charge >= 0.3 is 0 Å². The van der Waals surface area contributed by atoms with Crippen molar-refractivity contribution in [1.82, 2.24) is 4.98 Å². The molecule has 0 spiro atoms. The van der Waals surface area contributed by atoms with Gasteiger partial charge in [-0.3, -0.25) is 4.79 Å². The molecule has 1 rings (SSSR count). The van der Waals surface area contributed by atoms with Gasteiger partial charge in [-0.1, -0.05) is 6.92 Å². The maximum atomic E-state index is 11.9. The van der Waals surface area contributed by atoms with Gasteiger partial charge in [0.05, 0.1) is 46.2 Å². The summed E-state index contributed by atoms with van der Waals surface area (Å²) in [5.74, 6) is 0.837. The molecule has 0 aliphatic heterocycles. The lowest BCUT2D eigenvalue weighted by Gasteiger charge is -2.09. The van der Waals surface area contributed by atoms with Crippen LogP contribution in [0, 0.1) is 0 Å². The molecule has 0 fully saturated rings. The van der Waals surface area contributed by atoms with Gasteiger partial charge in [0.15, 0.2) is 5.78 Å². The highest BCUT2D eigenvalue weighted by Crippen LogP contribution is 2.09. The lowest BCUT2D eigenvalue weighted by Crippen LogP contribution is -2.15. The van der Waals surface area contributed by atoms with E-state index in [2.05, 4.69) is 10.3 Å². The predicted octanol–water partition coefficient (Wildman–Crippen LogP) is 2.56. The Balaban J connectivity index is 1.97. The molecule has 1 aromatic heterocycles. The van der Waals surface area contributed by atoms with Crippen LogP contribution in [0.3, 0.4) is 0 Å². The molecule has 0 saturated heterocycles. The Bertz CT molecular complexity index is 485. The first-order valence-electron chi connectivity index (χ1n) is 9.32. The number of nitrogens with zero attached hydrogens (tertiary/aromatic N) is 1. The van der Waals surface area contributed by atoms with E-state index >= 15 is 0 Å². The molecule has 1 N–H and O–H groups in total. The summed E-state index contributed by atoms with van der Waals surface area (Å²) in [6.45, 7) is 9.23. The van der Waals surface area contributed by atoms with Crippen molar-refractivity contribution >= 4 is 11.6 Å². The molecular formula is C19H32N2O5. The van der Waals surface area contributed by atoms with E-state index in [-0.39, 0.29) is 5.78 Å². The first kappa shape index (κ1) is 22.5. The Morgan fingerprint density at radius 3 is 2.19 bits per heavy atom. The van der Waals surface area contributed by atoms with Gasteiger partial charge < -0.3 is 24.3 Å². The standard InChI is InChI=1S/C19H32N2O5/c1-3-5-18(22)17-6-7-20-19(16-17)21-8-9-24-12-13-26-15-14-25-11-10-23-4-2/h6-7,16H,3-5,8-15H2,1-2H3,(H,20,21). The maximum absolute atomic E-state index is 11.9. The molecule has 1 aromatic rings. The van der Waals surface area contributed by atoms with Gasteiger partial charge in [-0.25, -0.2) is 4.98 Å². The fourth-order valence-corrected chi connectivity index (χ4v) is 2.13. The van der Waals surface area contributed by atoms with Gasteiger partial charge in [0, 0.05) is 31.3 Å². The van der Waals surface area contributed by atoms with E-state index in [1.807, 2.05) is 13.8 Å². The predicted molar refractivity (Wildman–Crippen MR) is 101 cm³/mol. The minimum absolute atomic E-state index is 0.146. The SMILES string of the molecule is CCCC(=O)c1ccnc(NCCOCCOCCOCCOCC)c1. The number of ether oxygens (including phenoxy) is 4. The third-order valence-corrected chi connectivity index (χ3v) is 3.43. The highest BCUT2D eigenvalue weighted by atomic mass is 16.6. The van der Waals surface area contributed by atoms with Crippen LogP contribution in [0.5, 0.6) is 0 Å². The van der Waals surface area contributed by atoms with E-state index in [0.29, 0.717) is 77.2 Å². The maximum Gasteiger partial charge on any atom is 0.163 e. The average molecular weight is 368 g/mol. The van der Waals surface area contributed by atoms with Crippen molar-refractivity contribution in [2.75, 3.05) is 64.7 Å². The van der Waals surface area contributed by atoms with Crippen molar-refractivity contribution in [2.24, 2.45) is 0 Å². The van der Waals surface area contributed by atoms with E-state index in [4.69, 9.17) is 18.9 Å². The number of hydrogen-bond acceptors (Lipinski definition) is 7. The van der Waals surface area contributed by atoms with E-state index < -0.39 is 0 Å². The lowest BCUT2D eigenvalue weighted by molar-refractivity contribution is 0.000609. The number of aromatic nitrogens is 1. The number of carbonyl (C=O) groups excluding carboxylic acids is 1. The molecule has 0 radical (unpaired) electrons. The summed E-state index contributed by atoms with van der Waals surface area (Å²) >= 11 is 0. The molecule has 7 nitrogen and oxygen atoms in total. The zero-order valence-corrected chi connectivity index (χ0v) is 16.0. The topological polar surface area (TPSA) is 78.9 Å². The zero-order valence-electron chi connectivity index (χ0n) is 16.0. The van der Waals surface area contributed by atoms with Crippen LogP contribution in [-0.2, 0) is 18.9 Å². The van der Waals surface area contributed by atoms with E-state index in [1.165, 1.54) is 0 Å². The van der Waals surface area contributed by atoms with Gasteiger partial charge in [0.2, 0.25) is 0 Å². The summed E-state index contributed by atoms with van der Waals surface area (Å²) in [6.07, 6.45) is 3.06. The van der Waals surface area contributed by atoms with Crippen LogP contribution >= 0.6 is 0 Å². The van der Waals surface area contributed by atoms with Gasteiger partial charge in [0.25, 0.3) is 0 Å². The van der Waals surface area contributed by atoms with Gasteiger partial charge in [-0.2, -0.15) is 0 Å². The fourth-order valence-electron chi connectivity index (χ4n) is 2.13. The number of hydrogen-bond donors (Lipinski definition) is 1. The minimum Gasteiger partial charge on any atom is -0.379 e. The number of carbonyl (C=O) groups is 1. The summed E-state index contributed by atoms with van der Waals surface area (Å²) in [6, 6.07) is 3.53. The monoisotopic (exact) mass is 368 g/mol. The van der Waals surface area contributed by atoms with Gasteiger partial charge in [-0.05, 0) is 25.5 Å². The molecule has 0 unspecified atom stereocenters. The van der Waals surface area contributed by atoms with Crippen molar-refractivity contribution in [3.05, 3.63) is 23.9 Å². The molecule has 0 atom stereocenters. The molecule has 0 aliphatic carbocycles. The summed E-state index contributed by atoms with van der Waals surface area (Å²) in [5, 5.41) is 3.16. The van der Waals surface area contributed by atoms with E-state index in [9.17, 15) is 4.79 Å². The molecule has 0 aromatic carbocycles. The fraction of sp³-hybridized carbons (Fsp3) is 0.684. The molecule has 0 amide bonds. The molecule has 148 valence electrons. The molecule has 7 heteroatoms.